The number of hydrogen-bond acceptors (Lipinski definition) is 4. The van der Waals surface area contributed by atoms with Crippen molar-refractivity contribution < 1.29 is 9.84 Å². The van der Waals surface area contributed by atoms with E-state index in [2.05, 4.69) is 30.1 Å². The van der Waals surface area contributed by atoms with Crippen molar-refractivity contribution in [1.29, 1.82) is 0 Å². The lowest BCUT2D eigenvalue weighted by atomic mass is 9.94. The molecule has 3 unspecified atom stereocenters. The number of aliphatic hydroxyl groups excluding tert-OH is 1. The Labute approximate surface area is 127 Å². The maximum Gasteiger partial charge on any atom is 0.143 e. The maximum atomic E-state index is 10.6. The first-order chi connectivity index (χ1) is 10.2. The van der Waals surface area contributed by atoms with Gasteiger partial charge >= 0.3 is 0 Å². The first kappa shape index (κ1) is 14.7. The molecule has 116 valence electrons. The minimum atomic E-state index is -0.436. The smallest absolute Gasteiger partial charge is 0.143 e. The molecule has 21 heavy (non-hydrogen) atoms. The van der Waals surface area contributed by atoms with Crippen molar-refractivity contribution in [3.8, 4) is 5.75 Å². The van der Waals surface area contributed by atoms with E-state index in [9.17, 15) is 5.11 Å². The summed E-state index contributed by atoms with van der Waals surface area (Å²) in [6, 6.07) is 6.29. The van der Waals surface area contributed by atoms with Gasteiger partial charge in [0, 0.05) is 12.6 Å². The Bertz CT molecular complexity index is 486. The van der Waals surface area contributed by atoms with Crippen molar-refractivity contribution in [1.82, 2.24) is 5.32 Å². The molecule has 1 saturated heterocycles. The maximum absolute atomic E-state index is 10.6. The number of rotatable bonds is 3. The first-order valence-electron chi connectivity index (χ1n) is 8.16. The second-order valence-electron chi connectivity index (χ2n) is 6.20. The van der Waals surface area contributed by atoms with Gasteiger partial charge in [0.1, 0.15) is 11.9 Å². The van der Waals surface area contributed by atoms with Crippen LogP contribution in [0.15, 0.2) is 18.2 Å². The fourth-order valence-corrected chi connectivity index (χ4v) is 3.41. The summed E-state index contributed by atoms with van der Waals surface area (Å²) in [5, 5.41) is 14.1. The van der Waals surface area contributed by atoms with Crippen LogP contribution >= 0.6 is 0 Å². The summed E-state index contributed by atoms with van der Waals surface area (Å²) in [5.74, 6) is 0.933. The number of likely N-dealkylation sites (N-methyl/N-ethyl adjacent to an activating group) is 1. The van der Waals surface area contributed by atoms with E-state index in [1.807, 2.05) is 12.1 Å². The lowest BCUT2D eigenvalue weighted by Gasteiger charge is -2.35. The molecule has 2 aliphatic rings. The third-order valence-corrected chi connectivity index (χ3v) is 4.58. The van der Waals surface area contributed by atoms with Gasteiger partial charge in [-0.2, -0.15) is 0 Å². The van der Waals surface area contributed by atoms with Crippen molar-refractivity contribution in [3.05, 3.63) is 23.8 Å². The van der Waals surface area contributed by atoms with E-state index in [0.29, 0.717) is 0 Å². The van der Waals surface area contributed by atoms with Crippen molar-refractivity contribution in [2.24, 2.45) is 0 Å². The van der Waals surface area contributed by atoms with Gasteiger partial charge < -0.3 is 20.1 Å². The molecule has 0 spiro atoms. The second-order valence-corrected chi connectivity index (χ2v) is 6.20. The van der Waals surface area contributed by atoms with Crippen molar-refractivity contribution in [2.75, 3.05) is 24.5 Å². The number of anilines is 1. The predicted octanol–water partition coefficient (Wildman–Crippen LogP) is 2.47. The summed E-state index contributed by atoms with van der Waals surface area (Å²) in [7, 11) is 0. The van der Waals surface area contributed by atoms with Crippen LogP contribution in [0.25, 0.3) is 0 Å². The van der Waals surface area contributed by atoms with Gasteiger partial charge in [0.05, 0.1) is 18.3 Å². The van der Waals surface area contributed by atoms with E-state index in [1.54, 1.807) is 0 Å². The molecule has 0 bridgehead atoms. The number of nitrogens with one attached hydrogen (secondary N) is 1. The Kier molecular flexibility index (Phi) is 4.36. The average Bonchev–Trinajstić information content (AvgIpc) is 2.53. The Hall–Kier alpha value is -1.26. The highest BCUT2D eigenvalue weighted by Gasteiger charge is 2.26. The molecule has 4 nitrogen and oxygen atoms in total. The Morgan fingerprint density at radius 1 is 1.43 bits per heavy atom. The largest absolute Gasteiger partial charge is 0.487 e. The summed E-state index contributed by atoms with van der Waals surface area (Å²) < 4.78 is 5.91. The van der Waals surface area contributed by atoms with E-state index in [4.69, 9.17) is 4.74 Å². The lowest BCUT2D eigenvalue weighted by molar-refractivity contribution is 0.113. The third-order valence-electron chi connectivity index (χ3n) is 4.58. The number of fused-ring (bicyclic) bond motifs is 1. The molecule has 0 aromatic heterocycles. The van der Waals surface area contributed by atoms with Crippen LogP contribution in [-0.4, -0.2) is 36.9 Å². The van der Waals surface area contributed by atoms with Gasteiger partial charge in [-0.15, -0.1) is 0 Å². The number of nitrogens with zero attached hydrogens (tertiary/aromatic N) is 1. The summed E-state index contributed by atoms with van der Waals surface area (Å²) in [6.45, 7) is 7.13. The number of piperidine rings is 1. The summed E-state index contributed by atoms with van der Waals surface area (Å²) in [6.07, 6.45) is 3.23. The molecule has 2 aliphatic heterocycles. The van der Waals surface area contributed by atoms with E-state index >= 15 is 0 Å². The number of hydrogen-bond donors (Lipinski definition) is 2. The molecule has 1 aromatic rings. The second kappa shape index (κ2) is 6.24. The standard InChI is InChI=1S/C17H26N2O2/c1-3-19-11-12(2)21-16-8-7-13(10-15(16)19)17(20)14-6-4-5-9-18-14/h7-8,10,12,14,17-18,20H,3-6,9,11H2,1-2H3. The zero-order valence-electron chi connectivity index (χ0n) is 13.0. The Balaban J connectivity index is 1.84. The van der Waals surface area contributed by atoms with Gasteiger partial charge in [-0.3, -0.25) is 0 Å². The molecule has 3 atom stereocenters. The van der Waals surface area contributed by atoms with E-state index in [0.717, 1.165) is 43.1 Å². The van der Waals surface area contributed by atoms with Crippen molar-refractivity contribution >= 4 is 5.69 Å². The quantitative estimate of drug-likeness (QED) is 0.897. The van der Waals surface area contributed by atoms with Crippen LogP contribution in [0, 0.1) is 0 Å². The fraction of sp³-hybridized carbons (Fsp3) is 0.647. The highest BCUT2D eigenvalue weighted by molar-refractivity contribution is 5.62. The van der Waals surface area contributed by atoms with Gasteiger partial charge in [-0.25, -0.2) is 0 Å². The molecule has 0 radical (unpaired) electrons. The van der Waals surface area contributed by atoms with Gasteiger partial charge in [0.15, 0.2) is 0 Å². The van der Waals surface area contributed by atoms with Crippen LogP contribution in [0.4, 0.5) is 5.69 Å². The molecule has 1 aromatic carbocycles. The highest BCUT2D eigenvalue weighted by atomic mass is 16.5. The van der Waals surface area contributed by atoms with E-state index < -0.39 is 6.10 Å². The first-order valence-corrected chi connectivity index (χ1v) is 8.16. The van der Waals surface area contributed by atoms with Crippen LogP contribution in [0.1, 0.15) is 44.8 Å². The van der Waals surface area contributed by atoms with Crippen LogP contribution in [-0.2, 0) is 0 Å². The molecule has 3 rings (SSSR count). The average molecular weight is 290 g/mol. The SMILES string of the molecule is CCN1CC(C)Oc2ccc(C(O)C3CCCCN3)cc21. The molecule has 0 aliphatic carbocycles. The summed E-state index contributed by atoms with van der Waals surface area (Å²) in [5.41, 5.74) is 2.10. The Morgan fingerprint density at radius 3 is 3.00 bits per heavy atom. The van der Waals surface area contributed by atoms with Crippen LogP contribution < -0.4 is 15.0 Å². The van der Waals surface area contributed by atoms with E-state index in [1.165, 1.54) is 12.8 Å². The predicted molar refractivity (Wildman–Crippen MR) is 85.0 cm³/mol. The van der Waals surface area contributed by atoms with Gasteiger partial charge in [-0.1, -0.05) is 12.5 Å². The fourth-order valence-electron chi connectivity index (χ4n) is 3.41. The van der Waals surface area contributed by atoms with E-state index in [-0.39, 0.29) is 12.1 Å². The third kappa shape index (κ3) is 3.01. The normalized spacial score (nSPS) is 26.9. The van der Waals surface area contributed by atoms with Crippen LogP contribution in [0.5, 0.6) is 5.75 Å². The molecule has 2 N–H and O–H groups in total. The van der Waals surface area contributed by atoms with Crippen molar-refractivity contribution in [2.45, 2.75) is 51.4 Å². The highest BCUT2D eigenvalue weighted by Crippen LogP contribution is 2.36. The Morgan fingerprint density at radius 2 is 2.29 bits per heavy atom. The van der Waals surface area contributed by atoms with Gasteiger partial charge in [0.2, 0.25) is 0 Å². The minimum absolute atomic E-state index is 0.176. The van der Waals surface area contributed by atoms with Crippen molar-refractivity contribution in [3.63, 3.8) is 0 Å². The molecule has 2 heterocycles. The van der Waals surface area contributed by atoms with Crippen LogP contribution in [0.3, 0.4) is 0 Å². The molecule has 4 heteroatoms. The molecular weight excluding hydrogens is 264 g/mol. The number of benzene rings is 1. The van der Waals surface area contributed by atoms with Gasteiger partial charge in [-0.05, 0) is 50.9 Å². The summed E-state index contributed by atoms with van der Waals surface area (Å²) in [4.78, 5) is 2.33. The molecular formula is C17H26N2O2. The number of ether oxygens (including phenoxy) is 1. The zero-order chi connectivity index (χ0) is 14.8. The lowest BCUT2D eigenvalue weighted by Crippen LogP contribution is -2.40. The number of aliphatic hydroxyl groups is 1. The molecule has 1 fully saturated rings. The summed E-state index contributed by atoms with van der Waals surface area (Å²) >= 11 is 0. The monoisotopic (exact) mass is 290 g/mol. The zero-order valence-corrected chi connectivity index (χ0v) is 13.0. The van der Waals surface area contributed by atoms with Crippen LogP contribution in [0.2, 0.25) is 0 Å². The van der Waals surface area contributed by atoms with Gasteiger partial charge in [0.25, 0.3) is 0 Å². The topological polar surface area (TPSA) is 44.7 Å². The minimum Gasteiger partial charge on any atom is -0.487 e. The molecule has 0 saturated carbocycles. The molecule has 0 amide bonds.